The molecule has 0 saturated carbocycles. The lowest BCUT2D eigenvalue weighted by molar-refractivity contribution is 0.258. The Balaban J connectivity index is 1.56. The molecule has 2 atom stereocenters. The molecule has 25 heavy (non-hydrogen) atoms. The molecule has 0 amide bonds. The Hall–Kier alpha value is -2.04. The Labute approximate surface area is 148 Å². The van der Waals surface area contributed by atoms with Gasteiger partial charge >= 0.3 is 0 Å². The lowest BCUT2D eigenvalue weighted by Crippen LogP contribution is -2.09. The molecule has 2 aliphatic heterocycles. The summed E-state index contributed by atoms with van der Waals surface area (Å²) in [4.78, 5) is 0. The molecule has 4 rings (SSSR count). The van der Waals surface area contributed by atoms with Crippen molar-refractivity contribution < 1.29 is 18.9 Å². The van der Waals surface area contributed by atoms with Crippen molar-refractivity contribution in [3.63, 3.8) is 0 Å². The topological polar surface area (TPSA) is 43.5 Å². The van der Waals surface area contributed by atoms with Crippen molar-refractivity contribution in [1.82, 2.24) is 0 Å². The first kappa shape index (κ1) is 16.4. The quantitative estimate of drug-likeness (QED) is 0.691. The molecule has 2 unspecified atom stereocenters. The standard InChI is InChI=1S/C21H24O4/c1-14-5-3-7-16(20(14)24-12-18-10-22-18)9-17-8-4-6-15(2)21(17)25-13-19-11-23-19/h3-8,18-19H,9-13H2,1-2H3. The van der Waals surface area contributed by atoms with Crippen LogP contribution in [0.5, 0.6) is 11.5 Å². The van der Waals surface area contributed by atoms with Crippen molar-refractivity contribution >= 4 is 0 Å². The van der Waals surface area contributed by atoms with Gasteiger partial charge in [0.1, 0.15) is 36.9 Å². The molecule has 0 bridgehead atoms. The molecule has 0 spiro atoms. The highest BCUT2D eigenvalue weighted by molar-refractivity contribution is 5.48. The van der Waals surface area contributed by atoms with Crippen molar-refractivity contribution in [1.29, 1.82) is 0 Å². The summed E-state index contributed by atoms with van der Waals surface area (Å²) in [6.45, 7) is 7.03. The molecule has 2 fully saturated rings. The minimum Gasteiger partial charge on any atom is -0.490 e. The smallest absolute Gasteiger partial charge is 0.125 e. The number of rotatable bonds is 8. The zero-order valence-corrected chi connectivity index (χ0v) is 14.8. The Morgan fingerprint density at radius 1 is 0.800 bits per heavy atom. The molecule has 4 heteroatoms. The number of epoxide rings is 2. The van der Waals surface area contributed by atoms with Gasteiger partial charge in [0.15, 0.2) is 0 Å². The van der Waals surface area contributed by atoms with Crippen LogP contribution in [0.3, 0.4) is 0 Å². The van der Waals surface area contributed by atoms with E-state index in [1.54, 1.807) is 0 Å². The van der Waals surface area contributed by atoms with E-state index in [4.69, 9.17) is 18.9 Å². The predicted molar refractivity (Wildman–Crippen MR) is 95.6 cm³/mol. The summed E-state index contributed by atoms with van der Waals surface area (Å²) in [5.74, 6) is 1.94. The Kier molecular flexibility index (Phi) is 4.64. The van der Waals surface area contributed by atoms with Crippen LogP contribution in [0.1, 0.15) is 22.3 Å². The lowest BCUT2D eigenvalue weighted by atomic mass is 9.99. The largest absolute Gasteiger partial charge is 0.490 e. The van der Waals surface area contributed by atoms with Crippen molar-refractivity contribution in [3.05, 3.63) is 58.7 Å². The fourth-order valence-electron chi connectivity index (χ4n) is 3.00. The van der Waals surface area contributed by atoms with Crippen molar-refractivity contribution in [3.8, 4) is 11.5 Å². The predicted octanol–water partition coefficient (Wildman–Crippen LogP) is 3.45. The van der Waals surface area contributed by atoms with E-state index in [2.05, 4.69) is 50.2 Å². The second-order valence-electron chi connectivity index (χ2n) is 6.84. The second kappa shape index (κ2) is 7.06. The second-order valence-corrected chi connectivity index (χ2v) is 6.84. The van der Waals surface area contributed by atoms with Crippen LogP contribution < -0.4 is 9.47 Å². The number of benzene rings is 2. The first-order valence-electron chi connectivity index (χ1n) is 8.86. The lowest BCUT2D eigenvalue weighted by Gasteiger charge is -2.17. The van der Waals surface area contributed by atoms with Gasteiger partial charge in [-0.3, -0.25) is 0 Å². The summed E-state index contributed by atoms with van der Waals surface area (Å²) in [5, 5.41) is 0. The van der Waals surface area contributed by atoms with Gasteiger partial charge in [0, 0.05) is 6.42 Å². The van der Waals surface area contributed by atoms with E-state index in [-0.39, 0.29) is 12.2 Å². The number of hydrogen-bond donors (Lipinski definition) is 0. The molecule has 2 aliphatic rings. The fraction of sp³-hybridized carbons (Fsp3) is 0.429. The zero-order chi connectivity index (χ0) is 17.2. The maximum atomic E-state index is 6.06. The van der Waals surface area contributed by atoms with Crippen LogP contribution >= 0.6 is 0 Å². The van der Waals surface area contributed by atoms with E-state index in [1.807, 2.05) is 0 Å². The number of hydrogen-bond acceptors (Lipinski definition) is 4. The van der Waals surface area contributed by atoms with E-state index in [0.29, 0.717) is 13.2 Å². The summed E-state index contributed by atoms with van der Waals surface area (Å²) in [7, 11) is 0. The van der Waals surface area contributed by atoms with Gasteiger partial charge in [-0.25, -0.2) is 0 Å². The van der Waals surface area contributed by atoms with Crippen LogP contribution in [0.25, 0.3) is 0 Å². The van der Waals surface area contributed by atoms with Gasteiger partial charge in [-0.05, 0) is 36.1 Å². The molecular formula is C21H24O4. The van der Waals surface area contributed by atoms with Crippen molar-refractivity contribution in [2.75, 3.05) is 26.4 Å². The van der Waals surface area contributed by atoms with Crippen LogP contribution in [-0.4, -0.2) is 38.6 Å². The van der Waals surface area contributed by atoms with Gasteiger partial charge < -0.3 is 18.9 Å². The molecule has 132 valence electrons. The average Bonchev–Trinajstić information content (AvgIpc) is 3.48. The van der Waals surface area contributed by atoms with Crippen molar-refractivity contribution in [2.45, 2.75) is 32.5 Å². The Bertz CT molecular complexity index is 684. The Morgan fingerprint density at radius 3 is 1.64 bits per heavy atom. The van der Waals surface area contributed by atoms with Gasteiger partial charge in [0.2, 0.25) is 0 Å². The van der Waals surface area contributed by atoms with E-state index in [9.17, 15) is 0 Å². The van der Waals surface area contributed by atoms with Crippen LogP contribution in [0.15, 0.2) is 36.4 Å². The molecular weight excluding hydrogens is 316 g/mol. The monoisotopic (exact) mass is 340 g/mol. The third kappa shape index (κ3) is 4.14. The normalized spacial score (nSPS) is 21.0. The SMILES string of the molecule is Cc1cccc(Cc2cccc(C)c2OCC2CO2)c1OCC1CO1. The van der Waals surface area contributed by atoms with Crippen LogP contribution in [0, 0.1) is 13.8 Å². The van der Waals surface area contributed by atoms with E-state index < -0.39 is 0 Å². The third-order valence-corrected chi connectivity index (χ3v) is 4.60. The van der Waals surface area contributed by atoms with Crippen LogP contribution in [0.2, 0.25) is 0 Å². The van der Waals surface area contributed by atoms with Crippen LogP contribution in [0.4, 0.5) is 0 Å². The van der Waals surface area contributed by atoms with Gasteiger partial charge in [0.05, 0.1) is 13.2 Å². The minimum absolute atomic E-state index is 0.254. The average molecular weight is 340 g/mol. The molecule has 2 aromatic carbocycles. The van der Waals surface area contributed by atoms with E-state index >= 15 is 0 Å². The first-order chi connectivity index (χ1) is 12.2. The third-order valence-electron chi connectivity index (χ3n) is 4.60. The highest BCUT2D eigenvalue weighted by atomic mass is 16.6. The van der Waals surface area contributed by atoms with Gasteiger partial charge in [-0.2, -0.15) is 0 Å². The molecule has 0 N–H and O–H groups in total. The first-order valence-corrected chi connectivity index (χ1v) is 8.86. The van der Waals surface area contributed by atoms with Gasteiger partial charge in [-0.15, -0.1) is 0 Å². The molecule has 4 nitrogen and oxygen atoms in total. The molecule has 2 saturated heterocycles. The van der Waals surface area contributed by atoms with Crippen LogP contribution in [-0.2, 0) is 15.9 Å². The number of aryl methyl sites for hydroxylation is 2. The number of para-hydroxylation sites is 2. The molecule has 0 radical (unpaired) electrons. The number of ether oxygens (including phenoxy) is 4. The summed E-state index contributed by atoms with van der Waals surface area (Å²) < 4.78 is 22.6. The molecule has 2 heterocycles. The zero-order valence-electron chi connectivity index (χ0n) is 14.8. The summed E-state index contributed by atoms with van der Waals surface area (Å²) >= 11 is 0. The summed E-state index contributed by atoms with van der Waals surface area (Å²) in [6, 6.07) is 12.6. The summed E-state index contributed by atoms with van der Waals surface area (Å²) in [5.41, 5.74) is 4.66. The molecule has 0 aliphatic carbocycles. The molecule has 0 aromatic heterocycles. The van der Waals surface area contributed by atoms with Crippen molar-refractivity contribution in [2.24, 2.45) is 0 Å². The van der Waals surface area contributed by atoms with E-state index in [1.165, 1.54) is 11.1 Å². The summed E-state index contributed by atoms with van der Waals surface area (Å²) in [6.07, 6.45) is 1.29. The highest BCUT2D eigenvalue weighted by Crippen LogP contribution is 2.32. The molecule has 2 aromatic rings. The maximum absolute atomic E-state index is 6.06. The highest BCUT2D eigenvalue weighted by Gasteiger charge is 2.25. The van der Waals surface area contributed by atoms with Gasteiger partial charge in [0.25, 0.3) is 0 Å². The fourth-order valence-corrected chi connectivity index (χ4v) is 3.00. The van der Waals surface area contributed by atoms with Gasteiger partial charge in [-0.1, -0.05) is 36.4 Å². The maximum Gasteiger partial charge on any atom is 0.125 e. The minimum atomic E-state index is 0.254. The Morgan fingerprint density at radius 2 is 1.24 bits per heavy atom. The van der Waals surface area contributed by atoms with E-state index in [0.717, 1.165) is 42.3 Å².